The fourth-order valence-corrected chi connectivity index (χ4v) is 2.64. The van der Waals surface area contributed by atoms with Crippen LogP contribution in [0.15, 0.2) is 18.2 Å². The topological polar surface area (TPSA) is 81.9 Å². The summed E-state index contributed by atoms with van der Waals surface area (Å²) in [5, 5.41) is 11.0. The van der Waals surface area contributed by atoms with Crippen LogP contribution in [0, 0.1) is 10.1 Å². The number of carbonyl (C=O) groups is 1. The number of benzene rings is 1. The first kappa shape index (κ1) is 16.2. The number of hydrogen-bond acceptors (Lipinski definition) is 5. The zero-order valence-electron chi connectivity index (χ0n) is 12.8. The highest BCUT2D eigenvalue weighted by molar-refractivity contribution is 5.95. The van der Waals surface area contributed by atoms with Crippen molar-refractivity contribution in [1.82, 2.24) is 4.90 Å². The van der Waals surface area contributed by atoms with Gasteiger partial charge in [0.25, 0.3) is 5.91 Å². The highest BCUT2D eigenvalue weighted by Gasteiger charge is 2.26. The summed E-state index contributed by atoms with van der Waals surface area (Å²) >= 11 is 0. The van der Waals surface area contributed by atoms with Gasteiger partial charge in [-0.3, -0.25) is 14.9 Å². The van der Waals surface area contributed by atoms with Crippen LogP contribution in [0.1, 0.15) is 30.1 Å². The van der Waals surface area contributed by atoms with Gasteiger partial charge in [-0.25, -0.2) is 0 Å². The minimum Gasteiger partial charge on any atom is -0.490 e. The van der Waals surface area contributed by atoms with E-state index in [1.165, 1.54) is 19.2 Å². The van der Waals surface area contributed by atoms with Crippen LogP contribution in [0.2, 0.25) is 0 Å². The van der Waals surface area contributed by atoms with E-state index in [0.717, 1.165) is 12.8 Å². The lowest BCUT2D eigenvalue weighted by atomic mass is 10.1. The predicted molar refractivity (Wildman–Crippen MR) is 80.2 cm³/mol. The van der Waals surface area contributed by atoms with Crippen molar-refractivity contribution in [1.29, 1.82) is 0 Å². The van der Waals surface area contributed by atoms with Crippen molar-refractivity contribution in [3.63, 3.8) is 0 Å². The molecule has 0 aromatic heterocycles. The SMILES string of the molecule is CCOC1CCCN(C(=O)c2ccc(OC)c([N+](=O)[O-])c2)C1. The van der Waals surface area contributed by atoms with Crippen LogP contribution in [0.25, 0.3) is 0 Å². The van der Waals surface area contributed by atoms with Gasteiger partial charge in [0.05, 0.1) is 18.1 Å². The van der Waals surface area contributed by atoms with E-state index in [0.29, 0.717) is 25.3 Å². The number of piperidine rings is 1. The van der Waals surface area contributed by atoms with E-state index in [1.807, 2.05) is 6.92 Å². The summed E-state index contributed by atoms with van der Waals surface area (Å²) in [5.41, 5.74) is 0.0939. The summed E-state index contributed by atoms with van der Waals surface area (Å²) in [6.07, 6.45) is 1.84. The number of methoxy groups -OCH3 is 1. The Hall–Kier alpha value is -2.15. The Morgan fingerprint density at radius 1 is 1.50 bits per heavy atom. The zero-order chi connectivity index (χ0) is 16.1. The van der Waals surface area contributed by atoms with Gasteiger partial charge in [0, 0.05) is 31.3 Å². The van der Waals surface area contributed by atoms with Crippen molar-refractivity contribution >= 4 is 11.6 Å². The van der Waals surface area contributed by atoms with Crippen molar-refractivity contribution < 1.29 is 19.2 Å². The molecule has 0 N–H and O–H groups in total. The van der Waals surface area contributed by atoms with E-state index in [2.05, 4.69) is 0 Å². The summed E-state index contributed by atoms with van der Waals surface area (Å²) in [7, 11) is 1.36. The minimum absolute atomic E-state index is 0.0379. The molecule has 0 spiro atoms. The van der Waals surface area contributed by atoms with Crippen LogP contribution < -0.4 is 4.74 Å². The van der Waals surface area contributed by atoms with E-state index >= 15 is 0 Å². The average Bonchev–Trinajstić information content (AvgIpc) is 2.54. The van der Waals surface area contributed by atoms with E-state index in [9.17, 15) is 14.9 Å². The number of nitrogens with zero attached hydrogens (tertiary/aromatic N) is 2. The molecule has 0 saturated carbocycles. The van der Waals surface area contributed by atoms with Crippen molar-refractivity contribution in [2.45, 2.75) is 25.9 Å². The molecule has 1 amide bonds. The van der Waals surface area contributed by atoms with E-state index in [4.69, 9.17) is 9.47 Å². The monoisotopic (exact) mass is 308 g/mol. The lowest BCUT2D eigenvalue weighted by Crippen LogP contribution is -2.43. The quantitative estimate of drug-likeness (QED) is 0.615. The predicted octanol–water partition coefficient (Wildman–Crippen LogP) is 2.24. The van der Waals surface area contributed by atoms with Gasteiger partial charge in [-0.2, -0.15) is 0 Å². The Morgan fingerprint density at radius 2 is 2.27 bits per heavy atom. The number of nitro groups is 1. The molecule has 0 radical (unpaired) electrons. The minimum atomic E-state index is -0.547. The second-order valence-corrected chi connectivity index (χ2v) is 5.11. The number of hydrogen-bond donors (Lipinski definition) is 0. The molecule has 120 valence electrons. The fraction of sp³-hybridized carbons (Fsp3) is 0.533. The highest BCUT2D eigenvalue weighted by Crippen LogP contribution is 2.28. The Morgan fingerprint density at radius 3 is 2.91 bits per heavy atom. The summed E-state index contributed by atoms with van der Waals surface area (Å²) in [6, 6.07) is 4.28. The van der Waals surface area contributed by atoms with E-state index in [1.54, 1.807) is 11.0 Å². The molecule has 1 aliphatic rings. The normalized spacial score (nSPS) is 18.1. The van der Waals surface area contributed by atoms with Gasteiger partial charge < -0.3 is 14.4 Å². The van der Waals surface area contributed by atoms with Crippen LogP contribution in [-0.4, -0.2) is 48.6 Å². The molecule has 1 saturated heterocycles. The second-order valence-electron chi connectivity index (χ2n) is 5.11. The summed E-state index contributed by atoms with van der Waals surface area (Å²) < 4.78 is 10.5. The molecule has 2 rings (SSSR count). The third kappa shape index (κ3) is 3.54. The lowest BCUT2D eigenvalue weighted by Gasteiger charge is -2.32. The highest BCUT2D eigenvalue weighted by atomic mass is 16.6. The van der Waals surface area contributed by atoms with Crippen molar-refractivity contribution in [2.75, 3.05) is 26.8 Å². The Bertz CT molecular complexity index is 559. The number of nitro benzene ring substituents is 1. The number of carbonyl (C=O) groups excluding carboxylic acids is 1. The zero-order valence-corrected chi connectivity index (χ0v) is 12.8. The van der Waals surface area contributed by atoms with Gasteiger partial charge in [-0.05, 0) is 31.9 Å². The van der Waals surface area contributed by atoms with Crippen LogP contribution in [0.4, 0.5) is 5.69 Å². The third-order valence-electron chi connectivity index (χ3n) is 3.69. The average molecular weight is 308 g/mol. The van der Waals surface area contributed by atoms with Crippen LogP contribution >= 0.6 is 0 Å². The second kappa shape index (κ2) is 7.22. The molecule has 1 atom stereocenters. The van der Waals surface area contributed by atoms with Crippen LogP contribution in [0.3, 0.4) is 0 Å². The first-order valence-electron chi connectivity index (χ1n) is 7.30. The first-order valence-corrected chi connectivity index (χ1v) is 7.30. The summed E-state index contributed by atoms with van der Waals surface area (Å²) in [4.78, 5) is 24.7. The van der Waals surface area contributed by atoms with Crippen molar-refractivity contribution in [3.8, 4) is 5.75 Å². The van der Waals surface area contributed by atoms with Gasteiger partial charge >= 0.3 is 5.69 Å². The maximum Gasteiger partial charge on any atom is 0.311 e. The van der Waals surface area contributed by atoms with Gasteiger partial charge in [0.15, 0.2) is 5.75 Å². The van der Waals surface area contributed by atoms with Gasteiger partial charge in [-0.15, -0.1) is 0 Å². The molecule has 1 fully saturated rings. The maximum atomic E-state index is 12.5. The Balaban J connectivity index is 2.18. The molecule has 1 aromatic rings. The van der Waals surface area contributed by atoms with Gasteiger partial charge in [0.1, 0.15) is 0 Å². The Kier molecular flexibility index (Phi) is 5.32. The van der Waals surface area contributed by atoms with Crippen LogP contribution in [-0.2, 0) is 4.74 Å². The lowest BCUT2D eigenvalue weighted by molar-refractivity contribution is -0.385. The molecule has 7 nitrogen and oxygen atoms in total. The number of ether oxygens (including phenoxy) is 2. The van der Waals surface area contributed by atoms with Crippen molar-refractivity contribution in [3.05, 3.63) is 33.9 Å². The number of rotatable bonds is 5. The number of amides is 1. The first-order chi connectivity index (χ1) is 10.6. The summed E-state index contributed by atoms with van der Waals surface area (Å²) in [5.74, 6) is -0.0671. The molecule has 1 aliphatic heterocycles. The standard InChI is InChI=1S/C15H20N2O5/c1-3-22-12-5-4-8-16(10-12)15(18)11-6-7-14(21-2)13(9-11)17(19)20/h6-7,9,12H,3-5,8,10H2,1-2H3. The molecule has 7 heteroatoms. The fourth-order valence-electron chi connectivity index (χ4n) is 2.64. The summed E-state index contributed by atoms with van der Waals surface area (Å²) in [6.45, 7) is 3.70. The molecular weight excluding hydrogens is 288 g/mol. The molecule has 1 aromatic carbocycles. The smallest absolute Gasteiger partial charge is 0.311 e. The molecular formula is C15H20N2O5. The maximum absolute atomic E-state index is 12.5. The van der Waals surface area contributed by atoms with Gasteiger partial charge in [-0.1, -0.05) is 0 Å². The molecule has 1 unspecified atom stereocenters. The molecule has 1 heterocycles. The van der Waals surface area contributed by atoms with E-state index < -0.39 is 4.92 Å². The van der Waals surface area contributed by atoms with Crippen LogP contribution in [0.5, 0.6) is 5.75 Å². The largest absolute Gasteiger partial charge is 0.490 e. The van der Waals surface area contributed by atoms with E-state index in [-0.39, 0.29) is 23.4 Å². The van der Waals surface area contributed by atoms with Crippen molar-refractivity contribution in [2.24, 2.45) is 0 Å². The third-order valence-corrected chi connectivity index (χ3v) is 3.69. The number of likely N-dealkylation sites (tertiary alicyclic amines) is 1. The molecule has 0 bridgehead atoms. The van der Waals surface area contributed by atoms with Gasteiger partial charge in [0.2, 0.25) is 0 Å². The molecule has 22 heavy (non-hydrogen) atoms. The Labute approximate surface area is 129 Å². The molecule has 0 aliphatic carbocycles.